The molecule has 0 saturated carbocycles. The maximum absolute atomic E-state index is 5.50. The molecule has 2 N–H and O–H groups in total. The van der Waals surface area contributed by atoms with Crippen LogP contribution in [0.5, 0.6) is 0 Å². The van der Waals surface area contributed by atoms with Gasteiger partial charge in [0.15, 0.2) is 0 Å². The largest absolute Gasteiger partial charge is 0.326 e. The summed E-state index contributed by atoms with van der Waals surface area (Å²) in [5.74, 6) is 0. The number of benzene rings is 1. The van der Waals surface area contributed by atoms with Gasteiger partial charge in [-0.25, -0.2) is 4.98 Å². The predicted molar refractivity (Wildman–Crippen MR) is 54.3 cm³/mol. The van der Waals surface area contributed by atoms with Crippen LogP contribution in [0.4, 0.5) is 0 Å². The minimum Gasteiger partial charge on any atom is -0.326 e. The molecular formula is C10H9N2S. The molecule has 3 heteroatoms. The molecular weight excluding hydrogens is 180 g/mol. The third-order valence-electron chi connectivity index (χ3n) is 1.83. The highest BCUT2D eigenvalue weighted by Crippen LogP contribution is 2.21. The Hall–Kier alpha value is -1.19. The van der Waals surface area contributed by atoms with Gasteiger partial charge in [-0.15, -0.1) is 11.3 Å². The van der Waals surface area contributed by atoms with Gasteiger partial charge < -0.3 is 5.73 Å². The maximum atomic E-state index is 5.50. The molecule has 1 aromatic heterocycles. The van der Waals surface area contributed by atoms with Gasteiger partial charge in [0.1, 0.15) is 5.01 Å². The zero-order valence-electron chi connectivity index (χ0n) is 7.03. The summed E-state index contributed by atoms with van der Waals surface area (Å²) in [6, 6.07) is 8.12. The fraction of sp³-hybridized carbons (Fsp3) is 0.100. The number of hydrogen-bond acceptors (Lipinski definition) is 3. The van der Waals surface area contributed by atoms with Gasteiger partial charge in [0, 0.05) is 18.3 Å². The van der Waals surface area contributed by atoms with E-state index in [-0.39, 0.29) is 0 Å². The Bertz CT molecular complexity index is 364. The second kappa shape index (κ2) is 3.68. The molecule has 2 aromatic rings. The van der Waals surface area contributed by atoms with E-state index in [1.807, 2.05) is 24.3 Å². The number of hydrogen-bond donors (Lipinski definition) is 1. The second-order valence-corrected chi connectivity index (χ2v) is 3.51. The first kappa shape index (κ1) is 8.41. The van der Waals surface area contributed by atoms with Crippen LogP contribution < -0.4 is 5.73 Å². The van der Waals surface area contributed by atoms with Crippen LogP contribution in [0.25, 0.3) is 10.6 Å². The molecule has 0 saturated heterocycles. The molecule has 0 aliphatic rings. The summed E-state index contributed by atoms with van der Waals surface area (Å²) in [5, 5.41) is 3.97. The van der Waals surface area contributed by atoms with Gasteiger partial charge in [0.2, 0.25) is 0 Å². The van der Waals surface area contributed by atoms with Crippen LogP contribution in [0.2, 0.25) is 0 Å². The number of nitrogens with two attached hydrogens (primary N) is 1. The number of thiazole rings is 1. The van der Waals surface area contributed by atoms with Crippen LogP contribution in [-0.4, -0.2) is 4.98 Å². The molecule has 0 fully saturated rings. The molecule has 65 valence electrons. The van der Waals surface area contributed by atoms with E-state index in [0.29, 0.717) is 6.54 Å². The van der Waals surface area contributed by atoms with Gasteiger partial charge in [0.25, 0.3) is 0 Å². The summed E-state index contributed by atoms with van der Waals surface area (Å²) in [5.41, 5.74) is 7.77. The van der Waals surface area contributed by atoms with E-state index in [1.54, 1.807) is 6.20 Å². The van der Waals surface area contributed by atoms with Crippen LogP contribution in [0, 0.1) is 5.38 Å². The second-order valence-electron chi connectivity index (χ2n) is 2.68. The third kappa shape index (κ3) is 1.76. The Morgan fingerprint density at radius 2 is 2.08 bits per heavy atom. The molecule has 1 aromatic carbocycles. The van der Waals surface area contributed by atoms with E-state index in [1.165, 1.54) is 11.3 Å². The van der Waals surface area contributed by atoms with E-state index >= 15 is 0 Å². The normalized spacial score (nSPS) is 10.2. The lowest BCUT2D eigenvalue weighted by Gasteiger charge is -1.98. The molecule has 0 aliphatic carbocycles. The van der Waals surface area contributed by atoms with Crippen molar-refractivity contribution in [2.45, 2.75) is 6.54 Å². The van der Waals surface area contributed by atoms with Crippen LogP contribution in [0.3, 0.4) is 0 Å². The van der Waals surface area contributed by atoms with Crippen molar-refractivity contribution < 1.29 is 0 Å². The average Bonchev–Trinajstić information content (AvgIpc) is 2.71. The van der Waals surface area contributed by atoms with Crippen LogP contribution in [-0.2, 0) is 6.54 Å². The first-order valence-electron chi connectivity index (χ1n) is 4.01. The fourth-order valence-electron chi connectivity index (χ4n) is 1.11. The smallest absolute Gasteiger partial charge is 0.123 e. The summed E-state index contributed by atoms with van der Waals surface area (Å²) in [4.78, 5) is 4.17. The standard InChI is InChI=1S/C10H9N2S/c11-7-8-1-3-9(4-2-8)10-12-5-6-13-10/h1-5H,7,11H2. The zero-order chi connectivity index (χ0) is 9.10. The molecule has 1 heterocycles. The van der Waals surface area contributed by atoms with E-state index < -0.39 is 0 Å². The fourth-order valence-corrected chi connectivity index (χ4v) is 1.69. The number of nitrogens with zero attached hydrogens (tertiary/aromatic N) is 1. The highest BCUT2D eigenvalue weighted by Gasteiger charge is 1.98. The zero-order valence-corrected chi connectivity index (χ0v) is 7.84. The Kier molecular flexibility index (Phi) is 2.38. The van der Waals surface area contributed by atoms with Gasteiger partial charge in [-0.1, -0.05) is 24.3 Å². The van der Waals surface area contributed by atoms with Crippen LogP contribution >= 0.6 is 11.3 Å². The first-order valence-corrected chi connectivity index (χ1v) is 4.83. The lowest BCUT2D eigenvalue weighted by atomic mass is 10.1. The highest BCUT2D eigenvalue weighted by atomic mass is 32.1. The van der Waals surface area contributed by atoms with Crippen molar-refractivity contribution in [1.29, 1.82) is 0 Å². The van der Waals surface area contributed by atoms with Gasteiger partial charge in [-0.05, 0) is 5.56 Å². The van der Waals surface area contributed by atoms with Gasteiger partial charge >= 0.3 is 0 Å². The minimum atomic E-state index is 0.588. The molecule has 2 rings (SSSR count). The molecule has 0 amide bonds. The summed E-state index contributed by atoms with van der Waals surface area (Å²) >= 11 is 1.52. The molecule has 0 aliphatic heterocycles. The topological polar surface area (TPSA) is 38.9 Å². The summed E-state index contributed by atoms with van der Waals surface area (Å²) in [6.07, 6.45) is 1.69. The maximum Gasteiger partial charge on any atom is 0.123 e. The quantitative estimate of drug-likeness (QED) is 0.785. The van der Waals surface area contributed by atoms with Crippen molar-refractivity contribution in [3.63, 3.8) is 0 Å². The first-order chi connectivity index (χ1) is 6.40. The molecule has 1 radical (unpaired) electrons. The summed E-state index contributed by atoms with van der Waals surface area (Å²) in [6.45, 7) is 0.588. The Morgan fingerprint density at radius 3 is 2.62 bits per heavy atom. The predicted octanol–water partition coefficient (Wildman–Crippen LogP) is 2.07. The van der Waals surface area contributed by atoms with Crippen molar-refractivity contribution in [2.75, 3.05) is 0 Å². The molecule has 0 atom stereocenters. The van der Waals surface area contributed by atoms with Crippen LogP contribution in [0.15, 0.2) is 30.5 Å². The van der Waals surface area contributed by atoms with E-state index in [9.17, 15) is 0 Å². The minimum absolute atomic E-state index is 0.588. The summed E-state index contributed by atoms with van der Waals surface area (Å²) < 4.78 is 0. The van der Waals surface area contributed by atoms with Crippen molar-refractivity contribution in [2.24, 2.45) is 5.73 Å². The van der Waals surface area contributed by atoms with Crippen molar-refractivity contribution in [3.05, 3.63) is 41.4 Å². The molecule has 2 nitrogen and oxygen atoms in total. The highest BCUT2D eigenvalue weighted by molar-refractivity contribution is 7.12. The van der Waals surface area contributed by atoms with Crippen LogP contribution in [0.1, 0.15) is 5.56 Å². The van der Waals surface area contributed by atoms with Crippen molar-refractivity contribution >= 4 is 11.3 Å². The van der Waals surface area contributed by atoms with E-state index in [0.717, 1.165) is 16.1 Å². The average molecular weight is 189 g/mol. The van der Waals surface area contributed by atoms with E-state index in [4.69, 9.17) is 5.73 Å². The number of rotatable bonds is 2. The van der Waals surface area contributed by atoms with Crippen molar-refractivity contribution in [3.8, 4) is 10.6 Å². The lowest BCUT2D eigenvalue weighted by molar-refractivity contribution is 1.07. The SMILES string of the molecule is NCc1ccc(-c2nc[c]s2)cc1. The Balaban J connectivity index is 2.33. The Morgan fingerprint density at radius 1 is 1.31 bits per heavy atom. The van der Waals surface area contributed by atoms with Gasteiger partial charge in [0.05, 0.1) is 5.38 Å². The van der Waals surface area contributed by atoms with Gasteiger partial charge in [-0.2, -0.15) is 0 Å². The number of aromatic nitrogens is 1. The monoisotopic (exact) mass is 189 g/mol. The van der Waals surface area contributed by atoms with Gasteiger partial charge in [-0.3, -0.25) is 0 Å². The lowest BCUT2D eigenvalue weighted by Crippen LogP contribution is -1.94. The van der Waals surface area contributed by atoms with E-state index in [2.05, 4.69) is 10.4 Å². The van der Waals surface area contributed by atoms with Crippen molar-refractivity contribution in [1.82, 2.24) is 4.98 Å². The molecule has 0 unspecified atom stereocenters. The Labute approximate surface area is 81.1 Å². The summed E-state index contributed by atoms with van der Waals surface area (Å²) in [7, 11) is 0. The molecule has 13 heavy (non-hydrogen) atoms. The third-order valence-corrected chi connectivity index (χ3v) is 2.58. The molecule has 0 bridgehead atoms. The molecule has 0 spiro atoms.